The summed E-state index contributed by atoms with van der Waals surface area (Å²) in [6, 6.07) is 5.08. The second-order valence-corrected chi connectivity index (χ2v) is 5.00. The van der Waals surface area contributed by atoms with Crippen LogP contribution in [0.15, 0.2) is 18.2 Å². The Hall–Kier alpha value is -1.75. The fourth-order valence-electron chi connectivity index (χ4n) is 1.80. The van der Waals surface area contributed by atoms with Gasteiger partial charge in [0.25, 0.3) is 0 Å². The smallest absolute Gasteiger partial charge is 0.239 e. The summed E-state index contributed by atoms with van der Waals surface area (Å²) >= 11 is 0. The first-order valence-electron chi connectivity index (χ1n) is 6.32. The third-order valence-electron chi connectivity index (χ3n) is 2.74. The number of benzene rings is 1. The van der Waals surface area contributed by atoms with Crippen molar-refractivity contribution in [1.82, 2.24) is 5.32 Å². The van der Waals surface area contributed by atoms with E-state index in [0.29, 0.717) is 5.56 Å². The maximum atomic E-state index is 11.6. The van der Waals surface area contributed by atoms with Gasteiger partial charge in [-0.1, -0.05) is 6.07 Å². The topological polar surface area (TPSA) is 72.8 Å². The summed E-state index contributed by atoms with van der Waals surface area (Å²) in [5.41, 5.74) is 1.20. The molecule has 3 N–H and O–H groups in total. The third-order valence-corrected chi connectivity index (χ3v) is 2.74. The van der Waals surface area contributed by atoms with Crippen LogP contribution in [-0.4, -0.2) is 35.8 Å². The molecule has 5 heteroatoms. The molecule has 0 heterocycles. The number of hydrogen-bond acceptors (Lipinski definition) is 4. The van der Waals surface area contributed by atoms with Crippen molar-refractivity contribution in [3.63, 3.8) is 0 Å². The van der Waals surface area contributed by atoms with Crippen LogP contribution in [0.5, 0.6) is 5.75 Å². The number of carbonyl (C=O) groups is 1. The van der Waals surface area contributed by atoms with E-state index in [9.17, 15) is 15.0 Å². The minimum atomic E-state index is -0.719. The van der Waals surface area contributed by atoms with Gasteiger partial charge >= 0.3 is 0 Å². The highest BCUT2D eigenvalue weighted by Gasteiger charge is 2.12. The number of hydrogen-bond donors (Lipinski definition) is 3. The Morgan fingerprint density at radius 3 is 2.47 bits per heavy atom. The second kappa shape index (κ2) is 6.43. The van der Waals surface area contributed by atoms with E-state index in [1.165, 1.54) is 0 Å². The van der Waals surface area contributed by atoms with Crippen molar-refractivity contribution >= 4 is 11.6 Å². The largest absolute Gasteiger partial charge is 0.507 e. The molecule has 1 rings (SSSR count). The van der Waals surface area contributed by atoms with Gasteiger partial charge in [0, 0.05) is 30.4 Å². The highest BCUT2D eigenvalue weighted by Crippen LogP contribution is 2.28. The van der Waals surface area contributed by atoms with Crippen molar-refractivity contribution in [2.45, 2.75) is 32.9 Å². The SMILES string of the molecule is CC(C)NC(=O)CN(C)c1ccc(C(C)O)c(O)c1. The Kier molecular flexibility index (Phi) is 5.18. The molecule has 0 aliphatic heterocycles. The van der Waals surface area contributed by atoms with E-state index >= 15 is 0 Å². The minimum Gasteiger partial charge on any atom is -0.507 e. The van der Waals surface area contributed by atoms with Gasteiger partial charge in [-0.25, -0.2) is 0 Å². The zero-order valence-electron chi connectivity index (χ0n) is 11.8. The summed E-state index contributed by atoms with van der Waals surface area (Å²) in [5, 5.41) is 22.0. The molecule has 0 bridgehead atoms. The third kappa shape index (κ3) is 4.44. The van der Waals surface area contributed by atoms with Gasteiger partial charge in [-0.2, -0.15) is 0 Å². The van der Waals surface area contributed by atoms with Crippen molar-refractivity contribution in [3.05, 3.63) is 23.8 Å². The summed E-state index contributed by atoms with van der Waals surface area (Å²) in [4.78, 5) is 13.4. The van der Waals surface area contributed by atoms with Crippen LogP contribution in [0.2, 0.25) is 0 Å². The zero-order valence-corrected chi connectivity index (χ0v) is 11.8. The Morgan fingerprint density at radius 2 is 2.00 bits per heavy atom. The lowest BCUT2D eigenvalue weighted by Crippen LogP contribution is -2.38. The number of aromatic hydroxyl groups is 1. The number of aliphatic hydroxyl groups is 1. The quantitative estimate of drug-likeness (QED) is 0.753. The molecule has 0 aromatic heterocycles. The number of anilines is 1. The van der Waals surface area contributed by atoms with Crippen LogP contribution in [0.1, 0.15) is 32.4 Å². The van der Waals surface area contributed by atoms with Crippen molar-refractivity contribution in [1.29, 1.82) is 0 Å². The fourth-order valence-corrected chi connectivity index (χ4v) is 1.80. The van der Waals surface area contributed by atoms with Gasteiger partial charge in [0.2, 0.25) is 5.91 Å². The first kappa shape index (κ1) is 15.3. The molecule has 0 saturated heterocycles. The molecule has 106 valence electrons. The Labute approximate surface area is 113 Å². The summed E-state index contributed by atoms with van der Waals surface area (Å²) in [7, 11) is 1.77. The van der Waals surface area contributed by atoms with Crippen molar-refractivity contribution in [3.8, 4) is 5.75 Å². The van der Waals surface area contributed by atoms with Gasteiger partial charge in [-0.15, -0.1) is 0 Å². The number of carbonyl (C=O) groups excluding carboxylic acids is 1. The number of phenols is 1. The molecule has 0 saturated carbocycles. The van der Waals surface area contributed by atoms with Crippen molar-refractivity contribution in [2.24, 2.45) is 0 Å². The van der Waals surface area contributed by atoms with Crippen LogP contribution in [0.25, 0.3) is 0 Å². The van der Waals surface area contributed by atoms with Gasteiger partial charge in [-0.05, 0) is 26.8 Å². The molecule has 0 fully saturated rings. The second-order valence-electron chi connectivity index (χ2n) is 5.00. The molecule has 1 unspecified atom stereocenters. The fraction of sp³-hybridized carbons (Fsp3) is 0.500. The van der Waals surface area contributed by atoms with Crippen LogP contribution in [0, 0.1) is 0 Å². The summed E-state index contributed by atoms with van der Waals surface area (Å²) < 4.78 is 0. The number of amides is 1. The zero-order chi connectivity index (χ0) is 14.6. The van der Waals surface area contributed by atoms with E-state index in [-0.39, 0.29) is 24.2 Å². The van der Waals surface area contributed by atoms with Crippen LogP contribution in [-0.2, 0) is 4.79 Å². The highest BCUT2D eigenvalue weighted by molar-refractivity contribution is 5.81. The van der Waals surface area contributed by atoms with Gasteiger partial charge in [0.05, 0.1) is 12.6 Å². The predicted octanol–water partition coefficient (Wildman–Crippen LogP) is 1.41. The van der Waals surface area contributed by atoms with Crippen LogP contribution in [0.4, 0.5) is 5.69 Å². The van der Waals surface area contributed by atoms with Crippen LogP contribution >= 0.6 is 0 Å². The number of phenolic OH excluding ortho intramolecular Hbond substituents is 1. The maximum Gasteiger partial charge on any atom is 0.239 e. The molecular formula is C14H22N2O3. The maximum absolute atomic E-state index is 11.6. The summed E-state index contributed by atoms with van der Waals surface area (Å²) in [5.74, 6) is -0.0415. The lowest BCUT2D eigenvalue weighted by atomic mass is 10.1. The molecule has 19 heavy (non-hydrogen) atoms. The Bertz CT molecular complexity index is 444. The lowest BCUT2D eigenvalue weighted by molar-refractivity contribution is -0.120. The number of nitrogens with one attached hydrogen (secondary N) is 1. The predicted molar refractivity (Wildman–Crippen MR) is 75.3 cm³/mol. The Balaban J connectivity index is 2.75. The van der Waals surface area contributed by atoms with E-state index in [1.54, 1.807) is 37.1 Å². The molecule has 0 aliphatic carbocycles. The molecule has 5 nitrogen and oxygen atoms in total. The number of rotatable bonds is 5. The monoisotopic (exact) mass is 266 g/mol. The van der Waals surface area contributed by atoms with Crippen molar-refractivity contribution in [2.75, 3.05) is 18.5 Å². The molecule has 0 spiro atoms. The summed E-state index contributed by atoms with van der Waals surface area (Å²) in [6.45, 7) is 5.61. The molecular weight excluding hydrogens is 244 g/mol. The van der Waals surface area contributed by atoms with E-state index in [1.807, 2.05) is 13.8 Å². The minimum absolute atomic E-state index is 0.0311. The summed E-state index contributed by atoms with van der Waals surface area (Å²) in [6.07, 6.45) is -0.719. The van der Waals surface area contributed by atoms with Gasteiger partial charge < -0.3 is 20.4 Å². The first-order valence-corrected chi connectivity index (χ1v) is 6.32. The van der Waals surface area contributed by atoms with Gasteiger partial charge in [0.1, 0.15) is 5.75 Å². The van der Waals surface area contributed by atoms with Crippen LogP contribution < -0.4 is 10.2 Å². The van der Waals surface area contributed by atoms with Gasteiger partial charge in [0.15, 0.2) is 0 Å². The normalized spacial score (nSPS) is 12.3. The average molecular weight is 266 g/mol. The van der Waals surface area contributed by atoms with Crippen LogP contribution in [0.3, 0.4) is 0 Å². The Morgan fingerprint density at radius 1 is 1.37 bits per heavy atom. The lowest BCUT2D eigenvalue weighted by Gasteiger charge is -2.21. The molecule has 1 aromatic carbocycles. The molecule has 1 aromatic rings. The molecule has 0 radical (unpaired) electrons. The highest BCUT2D eigenvalue weighted by atomic mass is 16.3. The first-order chi connectivity index (χ1) is 8.81. The average Bonchev–Trinajstić information content (AvgIpc) is 2.26. The van der Waals surface area contributed by atoms with Crippen molar-refractivity contribution < 1.29 is 15.0 Å². The number of aliphatic hydroxyl groups excluding tert-OH is 1. The van der Waals surface area contributed by atoms with E-state index in [4.69, 9.17) is 0 Å². The number of nitrogens with zero attached hydrogens (tertiary/aromatic N) is 1. The van der Waals surface area contributed by atoms with Gasteiger partial charge in [-0.3, -0.25) is 4.79 Å². The molecule has 1 amide bonds. The van der Waals surface area contributed by atoms with E-state index in [0.717, 1.165) is 5.69 Å². The standard InChI is InChI=1S/C14H22N2O3/c1-9(2)15-14(19)8-16(4)11-5-6-12(10(3)17)13(18)7-11/h5-7,9-10,17-18H,8H2,1-4H3,(H,15,19). The van der Waals surface area contributed by atoms with E-state index < -0.39 is 6.10 Å². The molecule has 0 aliphatic rings. The molecule has 1 atom stereocenters. The van der Waals surface area contributed by atoms with E-state index in [2.05, 4.69) is 5.32 Å². The number of likely N-dealkylation sites (N-methyl/N-ethyl adjacent to an activating group) is 1.